The molecule has 0 radical (unpaired) electrons. The topological polar surface area (TPSA) is 117 Å². The molecular weight excluding hydrogens is 395 g/mol. The average Bonchev–Trinajstić information content (AvgIpc) is 2.99. The van der Waals surface area contributed by atoms with Crippen LogP contribution in [0.25, 0.3) is 11.1 Å². The van der Waals surface area contributed by atoms with Gasteiger partial charge in [0.25, 0.3) is 0 Å². The van der Waals surface area contributed by atoms with E-state index in [0.717, 1.165) is 4.31 Å². The summed E-state index contributed by atoms with van der Waals surface area (Å²) in [6, 6.07) is 8.56. The lowest BCUT2D eigenvalue weighted by Crippen LogP contribution is -2.22. The third kappa shape index (κ3) is 3.87. The predicted molar refractivity (Wildman–Crippen MR) is 102 cm³/mol. The molecule has 0 aliphatic carbocycles. The van der Waals surface area contributed by atoms with E-state index in [1.165, 1.54) is 50.5 Å². The van der Waals surface area contributed by atoms with Crippen molar-refractivity contribution in [2.24, 2.45) is 0 Å². The van der Waals surface area contributed by atoms with Crippen molar-refractivity contribution in [2.75, 3.05) is 25.1 Å². The van der Waals surface area contributed by atoms with Gasteiger partial charge in [-0.15, -0.1) is 5.10 Å². The highest BCUT2D eigenvalue weighted by molar-refractivity contribution is 7.89. The number of rotatable bonds is 5. The van der Waals surface area contributed by atoms with Crippen molar-refractivity contribution in [1.29, 1.82) is 0 Å². The lowest BCUT2D eigenvalue weighted by atomic mass is 10.0. The summed E-state index contributed by atoms with van der Waals surface area (Å²) in [4.78, 5) is 3.97. The Hall–Kier alpha value is -2.69. The molecule has 4 N–H and O–H groups in total. The molecule has 0 bridgehead atoms. The summed E-state index contributed by atoms with van der Waals surface area (Å²) in [6.07, 6.45) is 0. The number of hydrogen-bond donors (Lipinski definition) is 3. The van der Waals surface area contributed by atoms with Crippen LogP contribution in [0.5, 0.6) is 0 Å². The van der Waals surface area contributed by atoms with E-state index in [9.17, 15) is 12.8 Å². The van der Waals surface area contributed by atoms with Gasteiger partial charge in [0.15, 0.2) is 0 Å². The minimum atomic E-state index is -3.57. The van der Waals surface area contributed by atoms with Crippen molar-refractivity contribution in [3.8, 4) is 11.1 Å². The first kappa shape index (κ1) is 19.1. The molecule has 3 rings (SSSR count). The Morgan fingerprint density at radius 2 is 1.89 bits per heavy atom. The summed E-state index contributed by atoms with van der Waals surface area (Å²) in [5, 5.41) is 9.18. The summed E-state index contributed by atoms with van der Waals surface area (Å²) in [6.45, 7) is 0. The van der Waals surface area contributed by atoms with Gasteiger partial charge in [-0.25, -0.2) is 22.2 Å². The second-order valence-electron chi connectivity index (χ2n) is 5.80. The molecule has 142 valence electrons. The summed E-state index contributed by atoms with van der Waals surface area (Å²) >= 11 is 6.24. The van der Waals surface area contributed by atoms with Gasteiger partial charge in [0.1, 0.15) is 5.82 Å². The SMILES string of the molecule is CN(C)S(=O)(=O)c1ccc(-c2c(F)cc(Nc3n[nH]c(N)n3)cc2Cl)cc1. The fraction of sp³-hybridized carbons (Fsp3) is 0.125. The largest absolute Gasteiger partial charge is 0.368 e. The molecule has 2 aromatic carbocycles. The number of nitrogen functional groups attached to an aromatic ring is 1. The summed E-state index contributed by atoms with van der Waals surface area (Å²) in [5.41, 5.74) is 6.38. The zero-order valence-electron chi connectivity index (χ0n) is 14.4. The second-order valence-corrected chi connectivity index (χ2v) is 8.35. The number of nitrogens with two attached hydrogens (primary N) is 1. The highest BCUT2D eigenvalue weighted by Crippen LogP contribution is 2.34. The molecule has 1 aromatic heterocycles. The Bertz CT molecular complexity index is 1060. The number of halogens is 2. The fourth-order valence-corrected chi connectivity index (χ4v) is 3.60. The van der Waals surface area contributed by atoms with Crippen molar-refractivity contribution >= 4 is 39.2 Å². The first-order valence-corrected chi connectivity index (χ1v) is 9.47. The number of aromatic nitrogens is 3. The van der Waals surface area contributed by atoms with E-state index in [1.54, 1.807) is 0 Å². The van der Waals surface area contributed by atoms with Crippen molar-refractivity contribution < 1.29 is 12.8 Å². The van der Waals surface area contributed by atoms with Crippen LogP contribution in [-0.2, 0) is 10.0 Å². The highest BCUT2D eigenvalue weighted by Gasteiger charge is 2.18. The van der Waals surface area contributed by atoms with E-state index in [4.69, 9.17) is 17.3 Å². The van der Waals surface area contributed by atoms with Crippen LogP contribution in [0.4, 0.5) is 22.0 Å². The number of nitrogens with one attached hydrogen (secondary N) is 2. The van der Waals surface area contributed by atoms with E-state index in [2.05, 4.69) is 20.5 Å². The Morgan fingerprint density at radius 1 is 1.22 bits per heavy atom. The second kappa shape index (κ2) is 7.14. The monoisotopic (exact) mass is 410 g/mol. The van der Waals surface area contributed by atoms with E-state index in [0.29, 0.717) is 11.3 Å². The Morgan fingerprint density at radius 3 is 2.41 bits per heavy atom. The summed E-state index contributed by atoms with van der Waals surface area (Å²) < 4.78 is 40.0. The molecule has 11 heteroatoms. The maximum atomic E-state index is 14.6. The standard InChI is InChI=1S/C16H16ClFN6O2S/c1-24(2)27(25,26)11-5-3-9(4-6-11)14-12(17)7-10(8-13(14)18)20-16-21-15(19)22-23-16/h3-8H,1-2H3,(H4,19,20,21,22,23). The van der Waals surface area contributed by atoms with Gasteiger partial charge in [0.05, 0.1) is 9.92 Å². The molecule has 0 saturated carbocycles. The van der Waals surface area contributed by atoms with Gasteiger partial charge in [-0.2, -0.15) is 4.98 Å². The molecular formula is C16H16ClFN6O2S. The molecule has 0 aliphatic rings. The van der Waals surface area contributed by atoms with Crippen LogP contribution in [0.2, 0.25) is 5.02 Å². The van der Waals surface area contributed by atoms with Crippen LogP contribution < -0.4 is 11.1 Å². The van der Waals surface area contributed by atoms with Crippen LogP contribution in [0.3, 0.4) is 0 Å². The van der Waals surface area contributed by atoms with Crippen LogP contribution in [0.1, 0.15) is 0 Å². The van der Waals surface area contributed by atoms with Gasteiger partial charge in [0, 0.05) is 25.3 Å². The van der Waals surface area contributed by atoms with E-state index >= 15 is 0 Å². The van der Waals surface area contributed by atoms with E-state index in [-0.39, 0.29) is 27.4 Å². The number of sulfonamides is 1. The Labute approximate surface area is 160 Å². The lowest BCUT2D eigenvalue weighted by Gasteiger charge is -2.13. The normalized spacial score (nSPS) is 11.7. The van der Waals surface area contributed by atoms with Crippen LogP contribution >= 0.6 is 11.6 Å². The third-order valence-electron chi connectivity index (χ3n) is 3.72. The minimum absolute atomic E-state index is 0.105. The molecule has 0 atom stereocenters. The first-order valence-electron chi connectivity index (χ1n) is 7.65. The van der Waals surface area contributed by atoms with Crippen molar-refractivity contribution in [3.05, 3.63) is 47.2 Å². The number of H-pyrrole nitrogens is 1. The van der Waals surface area contributed by atoms with Crippen LogP contribution in [0.15, 0.2) is 41.3 Å². The van der Waals surface area contributed by atoms with E-state index in [1.807, 2.05) is 0 Å². The summed E-state index contributed by atoms with van der Waals surface area (Å²) in [7, 11) is -0.690. The maximum Gasteiger partial charge on any atom is 0.248 e. The number of aromatic amines is 1. The van der Waals surface area contributed by atoms with Crippen molar-refractivity contribution in [2.45, 2.75) is 4.90 Å². The first-order chi connectivity index (χ1) is 12.7. The molecule has 1 heterocycles. The van der Waals surface area contributed by atoms with Crippen molar-refractivity contribution in [3.63, 3.8) is 0 Å². The van der Waals surface area contributed by atoms with Gasteiger partial charge in [-0.1, -0.05) is 23.7 Å². The zero-order valence-corrected chi connectivity index (χ0v) is 15.9. The molecule has 0 amide bonds. The van der Waals surface area contributed by atoms with Gasteiger partial charge < -0.3 is 11.1 Å². The molecule has 27 heavy (non-hydrogen) atoms. The average molecular weight is 411 g/mol. The maximum absolute atomic E-state index is 14.6. The third-order valence-corrected chi connectivity index (χ3v) is 5.85. The molecule has 0 saturated heterocycles. The van der Waals surface area contributed by atoms with Gasteiger partial charge in [-0.05, 0) is 29.8 Å². The summed E-state index contributed by atoms with van der Waals surface area (Å²) in [5.74, 6) is -0.292. The number of benzene rings is 2. The predicted octanol–water partition coefficient (Wildman–Crippen LogP) is 2.84. The highest BCUT2D eigenvalue weighted by atomic mass is 35.5. The number of anilines is 3. The van der Waals surface area contributed by atoms with Crippen molar-refractivity contribution in [1.82, 2.24) is 19.5 Å². The molecule has 0 aliphatic heterocycles. The molecule has 3 aromatic rings. The Kier molecular flexibility index (Phi) is 5.05. The minimum Gasteiger partial charge on any atom is -0.368 e. The van der Waals surface area contributed by atoms with Crippen LogP contribution in [-0.4, -0.2) is 42.0 Å². The van der Waals surface area contributed by atoms with Crippen LogP contribution in [0, 0.1) is 5.82 Å². The van der Waals surface area contributed by atoms with Gasteiger partial charge >= 0.3 is 0 Å². The smallest absolute Gasteiger partial charge is 0.248 e. The quantitative estimate of drug-likeness (QED) is 0.595. The van der Waals surface area contributed by atoms with Gasteiger partial charge in [-0.3, -0.25) is 0 Å². The molecule has 0 fully saturated rings. The molecule has 0 spiro atoms. The number of nitrogens with zero attached hydrogens (tertiary/aromatic N) is 3. The molecule has 0 unspecified atom stereocenters. The van der Waals surface area contributed by atoms with E-state index < -0.39 is 15.8 Å². The molecule has 8 nitrogen and oxygen atoms in total. The van der Waals surface area contributed by atoms with Gasteiger partial charge in [0.2, 0.25) is 21.9 Å². The zero-order chi connectivity index (χ0) is 19.8. The lowest BCUT2D eigenvalue weighted by molar-refractivity contribution is 0.521. The fourth-order valence-electron chi connectivity index (χ4n) is 2.38. The number of hydrogen-bond acceptors (Lipinski definition) is 6. The Balaban J connectivity index is 1.93.